The summed E-state index contributed by atoms with van der Waals surface area (Å²) >= 11 is 3.56. The maximum absolute atomic E-state index is 12.9. The van der Waals surface area contributed by atoms with Crippen molar-refractivity contribution in [3.8, 4) is 0 Å². The Kier molecular flexibility index (Phi) is 9.18. The molecule has 4 rings (SSSR count). The third kappa shape index (κ3) is 5.60. The van der Waals surface area contributed by atoms with Crippen LogP contribution >= 0.6 is 34.9 Å². The van der Waals surface area contributed by atoms with Crippen LogP contribution < -0.4 is 46.2 Å². The summed E-state index contributed by atoms with van der Waals surface area (Å²) in [6.45, 7) is 0. The van der Waals surface area contributed by atoms with Gasteiger partial charge in [-0.3, -0.25) is 19.3 Å². The van der Waals surface area contributed by atoms with Gasteiger partial charge in [0.2, 0.25) is 0 Å². The zero-order chi connectivity index (χ0) is 25.3. The van der Waals surface area contributed by atoms with Crippen molar-refractivity contribution in [3.63, 3.8) is 0 Å². The number of aryl methyl sites for hydroxylation is 1. The number of nitrogen functional groups attached to an aromatic ring is 1. The Labute approximate surface area is 239 Å². The average molecular weight is 563 g/mol. The second-order valence-corrected chi connectivity index (χ2v) is 10.0. The zero-order valence-electron chi connectivity index (χ0n) is 20.2. The molecule has 1 saturated heterocycles. The van der Waals surface area contributed by atoms with Crippen LogP contribution in [0.4, 0.5) is 5.13 Å². The van der Waals surface area contributed by atoms with Crippen LogP contribution in [0.2, 0.25) is 0 Å². The number of nitrogens with one attached hydrogen (secondary N) is 1. The second kappa shape index (κ2) is 11.7. The summed E-state index contributed by atoms with van der Waals surface area (Å²) in [7, 11) is 2.87. The van der Waals surface area contributed by atoms with Gasteiger partial charge in [-0.1, -0.05) is 16.9 Å². The van der Waals surface area contributed by atoms with Crippen molar-refractivity contribution in [3.05, 3.63) is 38.9 Å². The number of carbonyl (C=O) groups excluding carboxylic acids is 2. The first-order valence-electron chi connectivity index (χ1n) is 9.77. The number of thiazole rings is 1. The topological polar surface area (TPSA) is 195 Å². The van der Waals surface area contributed by atoms with E-state index in [4.69, 9.17) is 10.6 Å². The van der Waals surface area contributed by atoms with Crippen molar-refractivity contribution < 1.29 is 55.3 Å². The number of carboxylic acids is 1. The van der Waals surface area contributed by atoms with Crippen LogP contribution in [-0.2, 0) is 26.3 Å². The van der Waals surface area contributed by atoms with Gasteiger partial charge in [0.05, 0.1) is 0 Å². The number of carbonyl (C=O) groups is 3. The van der Waals surface area contributed by atoms with Crippen LogP contribution in [0, 0.1) is 0 Å². The number of amides is 2. The van der Waals surface area contributed by atoms with Crippen molar-refractivity contribution in [2.24, 2.45) is 12.2 Å². The summed E-state index contributed by atoms with van der Waals surface area (Å²) < 4.78 is 1.40. The van der Waals surface area contributed by atoms with Crippen molar-refractivity contribution >= 4 is 63.5 Å². The minimum atomic E-state index is -1.27. The molecule has 1 fully saturated rings. The Morgan fingerprint density at radius 1 is 1.42 bits per heavy atom. The quantitative estimate of drug-likeness (QED) is 0.0935. The average Bonchev–Trinajstić information content (AvgIpc) is 3.26. The number of hydrogen-bond donors (Lipinski definition) is 3. The molecule has 14 nitrogen and oxygen atoms in total. The Morgan fingerprint density at radius 3 is 2.81 bits per heavy atom. The summed E-state index contributed by atoms with van der Waals surface area (Å²) in [6, 6.07) is -0.963. The first-order valence-corrected chi connectivity index (χ1v) is 12.7. The van der Waals surface area contributed by atoms with Crippen LogP contribution in [-0.4, -0.2) is 83.3 Å². The number of fused-ring (bicyclic) bond motifs is 1. The maximum Gasteiger partial charge on any atom is 1.00 e. The molecule has 2 aliphatic heterocycles. The number of hydrogen-bond acceptors (Lipinski definition) is 13. The van der Waals surface area contributed by atoms with Gasteiger partial charge in [0, 0.05) is 23.9 Å². The van der Waals surface area contributed by atoms with E-state index in [9.17, 15) is 24.3 Å². The smallest absolute Gasteiger partial charge is 1.00 e. The molecule has 2 aromatic rings. The number of β-lactam (4-membered cyclic amide) rings is 1. The van der Waals surface area contributed by atoms with Crippen LogP contribution in [0.5, 0.6) is 0 Å². The van der Waals surface area contributed by atoms with Gasteiger partial charge >= 0.3 is 35.5 Å². The zero-order valence-corrected chi connectivity index (χ0v) is 23.6. The number of carboxylic acid groups (broad SMARTS) is 1. The number of nitrogens with two attached hydrogens (primary N) is 1. The van der Waals surface area contributed by atoms with E-state index in [0.29, 0.717) is 16.5 Å². The molecule has 2 aromatic heterocycles. The van der Waals surface area contributed by atoms with E-state index in [1.54, 1.807) is 7.05 Å². The molecule has 0 radical (unpaired) electrons. The van der Waals surface area contributed by atoms with Gasteiger partial charge in [0.15, 0.2) is 16.0 Å². The van der Waals surface area contributed by atoms with Gasteiger partial charge in [0.1, 0.15) is 36.1 Å². The van der Waals surface area contributed by atoms with E-state index in [1.165, 1.54) is 28.9 Å². The Hall–Kier alpha value is -2.44. The van der Waals surface area contributed by atoms with Gasteiger partial charge in [-0.05, 0) is 5.57 Å². The van der Waals surface area contributed by atoms with Gasteiger partial charge in [-0.25, -0.2) is 14.5 Å². The van der Waals surface area contributed by atoms with E-state index in [1.807, 2.05) is 0 Å². The van der Waals surface area contributed by atoms with Gasteiger partial charge < -0.3 is 22.4 Å². The van der Waals surface area contributed by atoms with E-state index in [-0.39, 0.29) is 59.0 Å². The predicted molar refractivity (Wildman–Crippen MR) is 129 cm³/mol. The fourth-order valence-electron chi connectivity index (χ4n) is 3.35. The molecule has 2 aliphatic rings. The van der Waals surface area contributed by atoms with E-state index in [0.717, 1.165) is 34.2 Å². The monoisotopic (exact) mass is 562 g/mol. The molecule has 0 aliphatic carbocycles. The van der Waals surface area contributed by atoms with Crippen molar-refractivity contribution in [1.82, 2.24) is 30.0 Å². The third-order valence-electron chi connectivity index (χ3n) is 4.90. The van der Waals surface area contributed by atoms with Crippen LogP contribution in [0.15, 0.2) is 38.0 Å². The molecule has 4 N–H and O–H groups in total. The number of aromatic nitrogens is 4. The molecule has 4 heterocycles. The molecule has 0 bridgehead atoms. The van der Waals surface area contributed by atoms with E-state index in [2.05, 4.69) is 25.5 Å². The van der Waals surface area contributed by atoms with Crippen molar-refractivity contribution in [1.29, 1.82) is 0 Å². The fraction of sp³-hybridized carbons (Fsp3) is 0.333. The molecule has 0 aromatic carbocycles. The van der Waals surface area contributed by atoms with E-state index >= 15 is 0 Å². The Morgan fingerprint density at radius 2 is 2.17 bits per heavy atom. The molecule has 0 saturated carbocycles. The number of thioether (sulfide) groups is 2. The van der Waals surface area contributed by atoms with Gasteiger partial charge in [-0.2, -0.15) is 10.1 Å². The number of oxime groups is 1. The van der Waals surface area contributed by atoms with Gasteiger partial charge in [-0.15, -0.1) is 23.1 Å². The molecular formula is C18H19N8NaO6S3. The molecule has 0 spiro atoms. The normalized spacial score (nSPS) is 19.2. The summed E-state index contributed by atoms with van der Waals surface area (Å²) in [4.78, 5) is 63.0. The van der Waals surface area contributed by atoms with Crippen molar-refractivity contribution in [2.75, 3.05) is 24.3 Å². The summed E-state index contributed by atoms with van der Waals surface area (Å²) in [6.07, 6.45) is 1.08. The summed E-state index contributed by atoms with van der Waals surface area (Å²) in [5.74, 6) is -2.06. The maximum atomic E-state index is 12.9. The SMILES string of the molecule is CON=C(C(=O)N[C@@H]1C(=O)N2C(C(=O)O)=C(CSc3nc(=O)cnn3C)CS[C@H]12)c1csc(N)n1.[H-].[Na+]. The summed E-state index contributed by atoms with van der Waals surface area (Å²) in [5, 5.41) is 21.4. The number of rotatable bonds is 8. The number of anilines is 1. The molecule has 18 heteroatoms. The van der Waals surface area contributed by atoms with Gasteiger partial charge in [0.25, 0.3) is 17.4 Å². The molecule has 0 unspecified atom stereocenters. The minimum absolute atomic E-state index is 0. The Balaban J connectivity index is 0.00000241. The standard InChI is InChI=1S/C18H18N8O6S3.Na.H/c1-25-18(22-9(27)3-20-25)35-5-7-4-33-15-11(14(29)26(15)12(7)16(30)31)23-13(28)10(24-32-2)8-6-34-17(19)21-8;;/h3,6,11,15H,4-5H2,1-2H3,(H2,19,21)(H,23,28)(H,30,31);;/q;+1;-1/t11-,15-;;/m1../s1. The fourth-order valence-corrected chi connectivity index (χ4v) is 6.31. The summed E-state index contributed by atoms with van der Waals surface area (Å²) in [5.41, 5.74) is 5.48. The second-order valence-electron chi connectivity index (χ2n) is 7.10. The van der Waals surface area contributed by atoms with Crippen molar-refractivity contribution in [2.45, 2.75) is 16.6 Å². The molecule has 36 heavy (non-hydrogen) atoms. The van der Waals surface area contributed by atoms with E-state index < -0.39 is 34.8 Å². The van der Waals surface area contributed by atoms with Crippen LogP contribution in [0.25, 0.3) is 0 Å². The number of nitrogens with zero attached hydrogens (tertiary/aromatic N) is 6. The largest absolute Gasteiger partial charge is 1.00 e. The first kappa shape index (κ1) is 28.1. The molecule has 186 valence electrons. The molecular weight excluding hydrogens is 543 g/mol. The first-order chi connectivity index (χ1) is 16.7. The third-order valence-corrected chi connectivity index (χ3v) is 8.02. The van der Waals surface area contributed by atoms with Crippen LogP contribution in [0.3, 0.4) is 0 Å². The predicted octanol–water partition coefficient (Wildman–Crippen LogP) is -3.79. The minimum Gasteiger partial charge on any atom is -1.00 e. The van der Waals surface area contributed by atoms with Crippen LogP contribution in [0.1, 0.15) is 7.12 Å². The molecule has 2 atom stereocenters. The number of aliphatic carboxylic acids is 1. The Bertz CT molecular complexity index is 1330. The molecule has 2 amide bonds.